The summed E-state index contributed by atoms with van der Waals surface area (Å²) in [6.07, 6.45) is 2.70. The van der Waals surface area contributed by atoms with Crippen LogP contribution in [0.4, 0.5) is 0 Å². The van der Waals surface area contributed by atoms with Crippen molar-refractivity contribution in [1.29, 1.82) is 0 Å². The van der Waals surface area contributed by atoms with Crippen LogP contribution in [0.2, 0.25) is 0 Å². The smallest absolute Gasteiger partial charge is 0.203 e. The Bertz CT molecular complexity index is 1470. The lowest BCUT2D eigenvalue weighted by Gasteiger charge is -2.12. The first-order chi connectivity index (χ1) is 14.0. The molecule has 0 amide bonds. The fraction of sp³-hybridized carbons (Fsp3) is 0.350. The topological polar surface area (TPSA) is 98.7 Å². The summed E-state index contributed by atoms with van der Waals surface area (Å²) in [5.74, 6) is 0.751. The molecule has 4 aromatic rings. The van der Waals surface area contributed by atoms with Crippen LogP contribution in [-0.2, 0) is 20.6 Å². The highest BCUT2D eigenvalue weighted by atomic mass is 32.2. The molecule has 1 unspecified atom stereocenters. The number of aryl methyl sites for hydroxylation is 2. The van der Waals surface area contributed by atoms with Crippen LogP contribution in [0.25, 0.3) is 22.7 Å². The van der Waals surface area contributed by atoms with Crippen LogP contribution in [-0.4, -0.2) is 48.8 Å². The molecule has 0 aromatic carbocycles. The van der Waals surface area contributed by atoms with Gasteiger partial charge in [0.25, 0.3) is 0 Å². The van der Waals surface area contributed by atoms with Crippen molar-refractivity contribution in [2.75, 3.05) is 12.0 Å². The molecule has 0 spiro atoms. The molecule has 0 fully saturated rings. The molecule has 0 bridgehead atoms. The minimum atomic E-state index is -3.37. The normalized spacial score (nSPS) is 13.4. The van der Waals surface area contributed by atoms with E-state index < -0.39 is 20.6 Å². The molecule has 0 aliphatic carbocycles. The van der Waals surface area contributed by atoms with Gasteiger partial charge in [-0.25, -0.2) is 22.4 Å². The predicted molar refractivity (Wildman–Crippen MR) is 116 cm³/mol. The average molecular weight is 446 g/mol. The molecular weight excluding hydrogens is 422 g/mol. The molecule has 1 atom stereocenters. The van der Waals surface area contributed by atoms with Crippen molar-refractivity contribution >= 4 is 31.8 Å². The second kappa shape index (κ2) is 6.98. The molecule has 4 rings (SSSR count). The summed E-state index contributed by atoms with van der Waals surface area (Å²) in [7, 11) is -4.65. The molecule has 30 heavy (non-hydrogen) atoms. The highest BCUT2D eigenvalue weighted by Crippen LogP contribution is 2.33. The van der Waals surface area contributed by atoms with Crippen molar-refractivity contribution in [1.82, 2.24) is 24.2 Å². The SMILES string of the molecule is CCS(=O)c1c(-c2nc3cc(S(C)(=O)=O)ccn3n2)nn2c(C)c(C)c(C)c(C)c12. The molecule has 158 valence electrons. The van der Waals surface area contributed by atoms with Gasteiger partial charge in [0.2, 0.25) is 5.82 Å². The zero-order valence-electron chi connectivity index (χ0n) is 17.7. The molecule has 0 aliphatic rings. The number of pyridine rings is 2. The summed E-state index contributed by atoms with van der Waals surface area (Å²) in [5.41, 5.74) is 5.93. The van der Waals surface area contributed by atoms with Crippen molar-refractivity contribution < 1.29 is 12.6 Å². The third-order valence-corrected chi connectivity index (χ3v) is 8.10. The Morgan fingerprint density at radius 3 is 2.40 bits per heavy atom. The lowest BCUT2D eigenvalue weighted by Crippen LogP contribution is -2.03. The zero-order valence-corrected chi connectivity index (χ0v) is 19.3. The first-order valence-corrected chi connectivity index (χ1v) is 12.7. The van der Waals surface area contributed by atoms with Crippen LogP contribution in [0, 0.1) is 27.7 Å². The standard InChI is InChI=1S/C20H23N5O3S2/c1-7-29(26)19-17(22-25-14(5)12(3)11(2)13(4)18(19)25)20-21-16-10-15(30(6,27)28)8-9-24(16)23-20/h8-10H,7H2,1-6H3. The third kappa shape index (κ3) is 3.05. The molecule has 8 nitrogen and oxygen atoms in total. The molecular formula is C20H23N5O3S2. The number of rotatable bonds is 4. The Labute approximate surface area is 177 Å². The van der Waals surface area contributed by atoms with Gasteiger partial charge in [0.05, 0.1) is 26.1 Å². The number of sulfone groups is 1. The van der Waals surface area contributed by atoms with Gasteiger partial charge in [0.1, 0.15) is 5.69 Å². The van der Waals surface area contributed by atoms with Gasteiger partial charge in [0, 0.05) is 30.0 Å². The minimum absolute atomic E-state index is 0.166. The van der Waals surface area contributed by atoms with Gasteiger partial charge in [-0.3, -0.25) is 4.21 Å². The summed E-state index contributed by atoms with van der Waals surface area (Å²) in [6.45, 7) is 9.96. The quantitative estimate of drug-likeness (QED) is 0.479. The van der Waals surface area contributed by atoms with Crippen LogP contribution in [0.15, 0.2) is 28.1 Å². The zero-order chi connectivity index (χ0) is 22.0. The van der Waals surface area contributed by atoms with Crippen molar-refractivity contribution in [3.63, 3.8) is 0 Å². The maximum atomic E-state index is 13.1. The van der Waals surface area contributed by atoms with Gasteiger partial charge < -0.3 is 0 Å². The summed E-state index contributed by atoms with van der Waals surface area (Å²) < 4.78 is 40.1. The Kier molecular flexibility index (Phi) is 4.81. The molecule has 4 aromatic heterocycles. The Morgan fingerprint density at radius 1 is 1.07 bits per heavy atom. The predicted octanol–water partition coefficient (Wildman–Crippen LogP) is 2.81. The largest absolute Gasteiger partial charge is 0.254 e. The van der Waals surface area contributed by atoms with E-state index in [1.165, 1.54) is 16.6 Å². The van der Waals surface area contributed by atoms with E-state index in [9.17, 15) is 12.6 Å². The Hall–Kier alpha value is -2.59. The Balaban J connectivity index is 2.07. The van der Waals surface area contributed by atoms with Crippen molar-refractivity contribution in [3.05, 3.63) is 40.7 Å². The lowest BCUT2D eigenvalue weighted by atomic mass is 10.0. The van der Waals surface area contributed by atoms with Gasteiger partial charge in [-0.1, -0.05) is 6.92 Å². The fourth-order valence-corrected chi connectivity index (χ4v) is 5.28. The summed E-state index contributed by atoms with van der Waals surface area (Å²) in [4.78, 5) is 5.29. The summed E-state index contributed by atoms with van der Waals surface area (Å²) in [6, 6.07) is 2.96. The van der Waals surface area contributed by atoms with Crippen molar-refractivity contribution in [3.8, 4) is 11.5 Å². The van der Waals surface area contributed by atoms with E-state index >= 15 is 0 Å². The minimum Gasteiger partial charge on any atom is -0.254 e. The summed E-state index contributed by atoms with van der Waals surface area (Å²) >= 11 is 0. The first-order valence-electron chi connectivity index (χ1n) is 9.49. The maximum Gasteiger partial charge on any atom is 0.203 e. The average Bonchev–Trinajstić information content (AvgIpc) is 3.30. The third-order valence-electron chi connectivity index (χ3n) is 5.62. The van der Waals surface area contributed by atoms with Crippen LogP contribution >= 0.6 is 0 Å². The van der Waals surface area contributed by atoms with Crippen LogP contribution < -0.4 is 0 Å². The summed E-state index contributed by atoms with van der Waals surface area (Å²) in [5, 5.41) is 9.23. The van der Waals surface area contributed by atoms with Crippen LogP contribution in [0.1, 0.15) is 29.3 Å². The molecule has 0 radical (unpaired) electrons. The second-order valence-electron chi connectivity index (χ2n) is 7.41. The van der Waals surface area contributed by atoms with Gasteiger partial charge >= 0.3 is 0 Å². The van der Waals surface area contributed by atoms with Gasteiger partial charge in [-0.15, -0.1) is 5.10 Å². The van der Waals surface area contributed by atoms with Crippen molar-refractivity contribution in [2.45, 2.75) is 44.4 Å². The lowest BCUT2D eigenvalue weighted by molar-refractivity contribution is 0.601. The van der Waals surface area contributed by atoms with E-state index in [1.807, 2.05) is 32.2 Å². The number of aromatic nitrogens is 5. The fourth-order valence-electron chi connectivity index (χ4n) is 3.56. The molecule has 4 heterocycles. The van der Waals surface area contributed by atoms with E-state index in [0.29, 0.717) is 27.8 Å². The molecule has 0 saturated heterocycles. The van der Waals surface area contributed by atoms with E-state index in [1.54, 1.807) is 6.20 Å². The number of hydrogen-bond donors (Lipinski definition) is 0. The van der Waals surface area contributed by atoms with E-state index in [4.69, 9.17) is 5.10 Å². The first kappa shape index (κ1) is 20.7. The maximum absolute atomic E-state index is 13.1. The monoisotopic (exact) mass is 445 g/mol. The molecule has 0 saturated carbocycles. The highest BCUT2D eigenvalue weighted by molar-refractivity contribution is 7.90. The van der Waals surface area contributed by atoms with Gasteiger partial charge in [0.15, 0.2) is 15.5 Å². The van der Waals surface area contributed by atoms with Gasteiger partial charge in [-0.2, -0.15) is 5.10 Å². The highest BCUT2D eigenvalue weighted by Gasteiger charge is 2.26. The number of nitrogens with zero attached hydrogens (tertiary/aromatic N) is 5. The van der Waals surface area contributed by atoms with Gasteiger partial charge in [-0.05, 0) is 50.5 Å². The molecule has 10 heteroatoms. The van der Waals surface area contributed by atoms with E-state index in [0.717, 1.165) is 34.2 Å². The van der Waals surface area contributed by atoms with E-state index in [-0.39, 0.29) is 4.90 Å². The second-order valence-corrected chi connectivity index (χ2v) is 11.1. The Morgan fingerprint density at radius 2 is 1.77 bits per heavy atom. The number of hydrogen-bond acceptors (Lipinski definition) is 6. The molecule has 0 N–H and O–H groups in total. The molecule has 0 aliphatic heterocycles. The number of fused-ring (bicyclic) bond motifs is 2. The van der Waals surface area contributed by atoms with Crippen molar-refractivity contribution in [2.24, 2.45) is 0 Å². The van der Waals surface area contributed by atoms with Crippen LogP contribution in [0.3, 0.4) is 0 Å². The van der Waals surface area contributed by atoms with E-state index in [2.05, 4.69) is 17.0 Å². The van der Waals surface area contributed by atoms with Crippen LogP contribution in [0.5, 0.6) is 0 Å².